The lowest BCUT2D eigenvalue weighted by molar-refractivity contribution is 0.101. The Kier molecular flexibility index (Phi) is 3.77. The fraction of sp³-hybridized carbons (Fsp3) is 0.333. The molecule has 0 saturated carbocycles. The smallest absolute Gasteiger partial charge is 0.269 e. The molecule has 8 heteroatoms. The van der Waals surface area contributed by atoms with Crippen LogP contribution in [0.2, 0.25) is 0 Å². The maximum Gasteiger partial charge on any atom is 0.281 e. The van der Waals surface area contributed by atoms with Gasteiger partial charge in [-0.3, -0.25) is 19.7 Å². The highest BCUT2D eigenvalue weighted by atomic mass is 32.1. The second-order valence-electron chi connectivity index (χ2n) is 5.28. The summed E-state index contributed by atoms with van der Waals surface area (Å²) in [5.41, 5.74) is 3.56. The maximum atomic E-state index is 12.6. The lowest BCUT2D eigenvalue weighted by Gasteiger charge is -2.10. The van der Waals surface area contributed by atoms with Crippen molar-refractivity contribution in [3.63, 3.8) is 0 Å². The van der Waals surface area contributed by atoms with Crippen molar-refractivity contribution < 1.29 is 4.79 Å². The van der Waals surface area contributed by atoms with Gasteiger partial charge in [0.1, 0.15) is 10.7 Å². The zero-order chi connectivity index (χ0) is 16.7. The number of carbonyl (C=O) groups is 1. The number of nitrogens with zero attached hydrogens (tertiary/aromatic N) is 4. The Hall–Kier alpha value is -2.48. The number of fused-ring (bicyclic) bond motifs is 1. The maximum absolute atomic E-state index is 12.6. The molecular weight excluding hydrogens is 314 g/mol. The van der Waals surface area contributed by atoms with Crippen molar-refractivity contribution in [3.8, 4) is 0 Å². The van der Waals surface area contributed by atoms with Gasteiger partial charge in [0, 0.05) is 17.1 Å². The Morgan fingerprint density at radius 1 is 1.35 bits per heavy atom. The van der Waals surface area contributed by atoms with E-state index in [4.69, 9.17) is 0 Å². The summed E-state index contributed by atoms with van der Waals surface area (Å²) in [4.78, 5) is 31.1. The molecule has 0 aliphatic rings. The summed E-state index contributed by atoms with van der Waals surface area (Å²) in [6, 6.07) is 1.79. The molecular formula is C15H17N5O2S. The lowest BCUT2D eigenvalue weighted by Crippen LogP contribution is -2.35. The molecule has 3 rings (SSSR count). The summed E-state index contributed by atoms with van der Waals surface area (Å²) >= 11 is 1.46. The molecule has 0 saturated heterocycles. The van der Waals surface area contributed by atoms with E-state index in [1.54, 1.807) is 17.7 Å². The van der Waals surface area contributed by atoms with E-state index in [0.717, 1.165) is 10.6 Å². The van der Waals surface area contributed by atoms with Crippen LogP contribution in [0.3, 0.4) is 0 Å². The van der Waals surface area contributed by atoms with Crippen LogP contribution in [0.5, 0.6) is 0 Å². The van der Waals surface area contributed by atoms with Gasteiger partial charge in [0.15, 0.2) is 0 Å². The topological polar surface area (TPSA) is 81.8 Å². The molecule has 3 heterocycles. The Labute approximate surface area is 136 Å². The molecule has 23 heavy (non-hydrogen) atoms. The van der Waals surface area contributed by atoms with E-state index >= 15 is 0 Å². The zero-order valence-corrected chi connectivity index (χ0v) is 14.2. The van der Waals surface area contributed by atoms with Crippen molar-refractivity contribution in [2.45, 2.75) is 34.2 Å². The second kappa shape index (κ2) is 5.62. The van der Waals surface area contributed by atoms with Crippen molar-refractivity contribution in [1.82, 2.24) is 19.4 Å². The van der Waals surface area contributed by atoms with Crippen LogP contribution in [-0.2, 0) is 6.54 Å². The summed E-state index contributed by atoms with van der Waals surface area (Å²) < 4.78 is 2.92. The monoisotopic (exact) mass is 331 g/mol. The van der Waals surface area contributed by atoms with Crippen molar-refractivity contribution in [2.24, 2.45) is 0 Å². The second-order valence-corrected chi connectivity index (χ2v) is 6.51. The molecule has 120 valence electrons. The van der Waals surface area contributed by atoms with E-state index < -0.39 is 0 Å². The molecule has 0 aliphatic heterocycles. The molecule has 7 nitrogen and oxygen atoms in total. The van der Waals surface area contributed by atoms with Gasteiger partial charge in [-0.05, 0) is 33.8 Å². The van der Waals surface area contributed by atoms with Crippen molar-refractivity contribution >= 4 is 27.5 Å². The largest absolute Gasteiger partial charge is 0.281 e. The van der Waals surface area contributed by atoms with Crippen LogP contribution in [0.1, 0.15) is 33.7 Å². The molecule has 0 aromatic carbocycles. The van der Waals surface area contributed by atoms with Gasteiger partial charge in [0.25, 0.3) is 11.5 Å². The van der Waals surface area contributed by atoms with Gasteiger partial charge in [-0.2, -0.15) is 5.10 Å². The molecule has 3 aromatic heterocycles. The number of hydrogen-bond acceptors (Lipinski definition) is 5. The van der Waals surface area contributed by atoms with E-state index in [1.165, 1.54) is 22.2 Å². The SMILES string of the molecule is CCn1ncc(C(=O)Nn2c(C)nc3sc(C)cc3c2=O)c1C. The lowest BCUT2D eigenvalue weighted by atomic mass is 10.2. The standard InChI is InChI=1S/C15H17N5O2S/c1-5-19-9(3)12(7-16-19)13(21)18-20-10(4)17-14-11(15(20)22)6-8(2)23-14/h6-7H,5H2,1-4H3,(H,18,21). The van der Waals surface area contributed by atoms with E-state index in [-0.39, 0.29) is 11.5 Å². The number of amides is 1. The number of aryl methyl sites for hydroxylation is 3. The molecule has 1 amide bonds. The average molecular weight is 331 g/mol. The molecule has 0 atom stereocenters. The van der Waals surface area contributed by atoms with E-state index in [9.17, 15) is 9.59 Å². The summed E-state index contributed by atoms with van der Waals surface area (Å²) in [6.45, 7) is 8.07. The van der Waals surface area contributed by atoms with Gasteiger partial charge in [-0.15, -0.1) is 11.3 Å². The van der Waals surface area contributed by atoms with Gasteiger partial charge >= 0.3 is 0 Å². The fourth-order valence-corrected chi connectivity index (χ4v) is 3.40. The van der Waals surface area contributed by atoms with E-state index in [0.29, 0.717) is 28.1 Å². The van der Waals surface area contributed by atoms with E-state index in [2.05, 4.69) is 15.5 Å². The predicted molar refractivity (Wildman–Crippen MR) is 89.7 cm³/mol. The minimum atomic E-state index is -0.375. The van der Waals surface area contributed by atoms with E-state index in [1.807, 2.05) is 20.8 Å². The summed E-state index contributed by atoms with van der Waals surface area (Å²) in [5.74, 6) is 0.0683. The fourth-order valence-electron chi connectivity index (χ4n) is 2.48. The average Bonchev–Trinajstić information content (AvgIpc) is 3.05. The van der Waals surface area contributed by atoms with Gasteiger partial charge in [0.2, 0.25) is 0 Å². The Morgan fingerprint density at radius 2 is 2.09 bits per heavy atom. The first kappa shape index (κ1) is 15.4. The van der Waals surface area contributed by atoms with Crippen LogP contribution in [0.25, 0.3) is 10.2 Å². The first-order valence-electron chi connectivity index (χ1n) is 7.26. The number of thiophene rings is 1. The quantitative estimate of drug-likeness (QED) is 0.795. The van der Waals surface area contributed by atoms with Crippen LogP contribution in [-0.4, -0.2) is 25.3 Å². The Balaban J connectivity index is 2.02. The molecule has 3 aromatic rings. The highest BCUT2D eigenvalue weighted by Crippen LogP contribution is 2.20. The predicted octanol–water partition coefficient (Wildman–Crippen LogP) is 1.98. The summed E-state index contributed by atoms with van der Waals surface area (Å²) in [7, 11) is 0. The normalized spacial score (nSPS) is 11.1. The van der Waals surface area contributed by atoms with Crippen LogP contribution in [0, 0.1) is 20.8 Å². The highest BCUT2D eigenvalue weighted by molar-refractivity contribution is 7.18. The Bertz CT molecular complexity index is 966. The first-order chi connectivity index (χ1) is 10.9. The van der Waals surface area contributed by atoms with Gasteiger partial charge in [0.05, 0.1) is 17.1 Å². The molecule has 0 unspecified atom stereocenters. The van der Waals surface area contributed by atoms with Crippen molar-refractivity contribution in [3.05, 3.63) is 44.6 Å². The van der Waals surface area contributed by atoms with Crippen LogP contribution >= 0.6 is 11.3 Å². The molecule has 0 fully saturated rings. The zero-order valence-electron chi connectivity index (χ0n) is 13.4. The molecule has 1 N–H and O–H groups in total. The minimum absolute atomic E-state index is 0.272. The minimum Gasteiger partial charge on any atom is -0.269 e. The van der Waals surface area contributed by atoms with Gasteiger partial charge in [-0.25, -0.2) is 9.66 Å². The third-order valence-electron chi connectivity index (χ3n) is 3.72. The molecule has 0 spiro atoms. The number of carbonyl (C=O) groups excluding carboxylic acids is 1. The first-order valence-corrected chi connectivity index (χ1v) is 8.07. The molecule has 0 bridgehead atoms. The number of hydrogen-bond donors (Lipinski definition) is 1. The van der Waals surface area contributed by atoms with Crippen LogP contribution in [0.15, 0.2) is 17.1 Å². The third-order valence-corrected chi connectivity index (χ3v) is 4.66. The Morgan fingerprint density at radius 3 is 2.74 bits per heavy atom. The van der Waals surface area contributed by atoms with Crippen LogP contribution in [0.4, 0.5) is 0 Å². The number of nitrogens with one attached hydrogen (secondary N) is 1. The summed E-state index contributed by atoms with van der Waals surface area (Å²) in [6.07, 6.45) is 1.51. The molecule has 0 radical (unpaired) electrons. The molecule has 0 aliphatic carbocycles. The number of rotatable bonds is 3. The van der Waals surface area contributed by atoms with Crippen LogP contribution < -0.4 is 11.0 Å². The third kappa shape index (κ3) is 2.55. The van der Waals surface area contributed by atoms with Gasteiger partial charge in [-0.1, -0.05) is 0 Å². The van der Waals surface area contributed by atoms with Gasteiger partial charge < -0.3 is 0 Å². The highest BCUT2D eigenvalue weighted by Gasteiger charge is 2.17. The van der Waals surface area contributed by atoms with Crippen molar-refractivity contribution in [2.75, 3.05) is 5.43 Å². The number of aromatic nitrogens is 4. The summed E-state index contributed by atoms with van der Waals surface area (Å²) in [5, 5.41) is 4.66. The van der Waals surface area contributed by atoms with Crippen molar-refractivity contribution in [1.29, 1.82) is 0 Å².